The Kier molecular flexibility index (Phi) is 4.71. The molecule has 1 atom stereocenters. The number of hydrogen-bond donors (Lipinski definition) is 1. The van der Waals surface area contributed by atoms with Crippen LogP contribution >= 0.6 is 11.6 Å². The van der Waals surface area contributed by atoms with Gasteiger partial charge in [-0.1, -0.05) is 30.7 Å². The van der Waals surface area contributed by atoms with Crippen molar-refractivity contribution in [1.29, 1.82) is 0 Å². The van der Waals surface area contributed by atoms with E-state index in [1.807, 2.05) is 0 Å². The van der Waals surface area contributed by atoms with Gasteiger partial charge in [0.2, 0.25) is 0 Å². The second kappa shape index (κ2) is 6.36. The van der Waals surface area contributed by atoms with Crippen molar-refractivity contribution in [3.63, 3.8) is 0 Å². The molecule has 0 spiro atoms. The van der Waals surface area contributed by atoms with E-state index < -0.39 is 30.0 Å². The molecule has 0 bridgehead atoms. The van der Waals surface area contributed by atoms with Crippen LogP contribution in [0.25, 0.3) is 0 Å². The van der Waals surface area contributed by atoms with E-state index in [9.17, 15) is 14.4 Å². The van der Waals surface area contributed by atoms with Crippen molar-refractivity contribution in [2.75, 3.05) is 6.54 Å². The Labute approximate surface area is 133 Å². The molecule has 1 aliphatic heterocycles. The lowest BCUT2D eigenvalue weighted by Crippen LogP contribution is -2.43. The largest absolute Gasteiger partial charge is 0.459 e. The third kappa shape index (κ3) is 3.39. The number of amides is 3. The molecule has 6 nitrogen and oxygen atoms in total. The maximum Gasteiger partial charge on any atom is 0.326 e. The lowest BCUT2D eigenvalue weighted by molar-refractivity contribution is -0.148. The van der Waals surface area contributed by atoms with Gasteiger partial charge < -0.3 is 10.1 Å². The van der Waals surface area contributed by atoms with Crippen LogP contribution in [0.5, 0.6) is 0 Å². The Morgan fingerprint density at radius 3 is 2.73 bits per heavy atom. The summed E-state index contributed by atoms with van der Waals surface area (Å²) in [7, 11) is 0. The summed E-state index contributed by atoms with van der Waals surface area (Å²) in [6.45, 7) is 3.05. The van der Waals surface area contributed by atoms with Gasteiger partial charge in [0, 0.05) is 5.02 Å². The number of rotatable bonds is 5. The Hall–Kier alpha value is -2.08. The second-order valence-corrected chi connectivity index (χ2v) is 5.73. The second-order valence-electron chi connectivity index (χ2n) is 5.30. The number of ether oxygens (including phenoxy) is 1. The molecule has 118 valence electrons. The van der Waals surface area contributed by atoms with Gasteiger partial charge in [-0.25, -0.2) is 4.79 Å². The maximum atomic E-state index is 12.1. The number of halogens is 1. The quantitative estimate of drug-likeness (QED) is 0.665. The summed E-state index contributed by atoms with van der Waals surface area (Å²) in [6, 6.07) is 6.33. The minimum atomic E-state index is -0.954. The van der Waals surface area contributed by atoms with Crippen LogP contribution in [0.3, 0.4) is 0 Å². The van der Waals surface area contributed by atoms with Crippen LogP contribution in [0, 0.1) is 0 Å². The van der Waals surface area contributed by atoms with E-state index in [4.69, 9.17) is 16.3 Å². The molecule has 1 fully saturated rings. The number of hydrogen-bond acceptors (Lipinski definition) is 4. The van der Waals surface area contributed by atoms with E-state index in [-0.39, 0.29) is 6.61 Å². The number of carbonyl (C=O) groups is 3. The van der Waals surface area contributed by atoms with E-state index in [1.165, 1.54) is 0 Å². The zero-order valence-electron chi connectivity index (χ0n) is 12.4. The zero-order chi connectivity index (χ0) is 16.3. The number of carbonyl (C=O) groups excluding carboxylic acids is 3. The standard InChI is InChI=1S/C15H17ClN2O4/c1-3-15(2)13(20)18(14(21)17-15)8-12(19)22-9-10-5-4-6-11(16)7-10/h4-7H,3,8-9H2,1-2H3,(H,17,21)/t15-/m1/s1. The fraction of sp³-hybridized carbons (Fsp3) is 0.400. The number of benzene rings is 1. The van der Waals surface area contributed by atoms with Crippen LogP contribution in [0.4, 0.5) is 4.79 Å². The monoisotopic (exact) mass is 324 g/mol. The lowest BCUT2D eigenvalue weighted by Gasteiger charge is -2.18. The van der Waals surface area contributed by atoms with Crippen molar-refractivity contribution >= 4 is 29.5 Å². The number of urea groups is 1. The molecule has 1 aliphatic rings. The lowest BCUT2D eigenvalue weighted by atomic mass is 9.99. The molecule has 0 saturated carbocycles. The summed E-state index contributed by atoms with van der Waals surface area (Å²) in [4.78, 5) is 36.6. The molecule has 1 aromatic carbocycles. The molecular formula is C15H17ClN2O4. The maximum absolute atomic E-state index is 12.1. The summed E-state index contributed by atoms with van der Waals surface area (Å²) >= 11 is 5.84. The number of imide groups is 1. The molecule has 1 N–H and O–H groups in total. The van der Waals surface area contributed by atoms with Gasteiger partial charge in [-0.2, -0.15) is 0 Å². The first-order valence-electron chi connectivity index (χ1n) is 6.90. The molecule has 0 unspecified atom stereocenters. The Morgan fingerprint density at radius 1 is 1.41 bits per heavy atom. The smallest absolute Gasteiger partial charge is 0.326 e. The zero-order valence-corrected chi connectivity index (χ0v) is 13.1. The molecule has 0 radical (unpaired) electrons. The Morgan fingerprint density at radius 2 is 2.14 bits per heavy atom. The van der Waals surface area contributed by atoms with Gasteiger partial charge in [-0.05, 0) is 31.0 Å². The minimum absolute atomic E-state index is 0.0358. The summed E-state index contributed by atoms with van der Waals surface area (Å²) in [5.74, 6) is -1.07. The summed E-state index contributed by atoms with van der Waals surface area (Å²) in [5.41, 5.74) is -0.221. The predicted octanol–water partition coefficient (Wildman–Crippen LogP) is 2.10. The van der Waals surface area contributed by atoms with Gasteiger partial charge in [0.05, 0.1) is 0 Å². The van der Waals surface area contributed by atoms with Crippen LogP contribution in [-0.2, 0) is 20.9 Å². The van der Waals surface area contributed by atoms with E-state index in [0.29, 0.717) is 11.4 Å². The SMILES string of the molecule is CC[C@@]1(C)NC(=O)N(CC(=O)OCc2cccc(Cl)c2)C1=O. The number of nitrogens with zero attached hydrogens (tertiary/aromatic N) is 1. The highest BCUT2D eigenvalue weighted by Crippen LogP contribution is 2.20. The van der Waals surface area contributed by atoms with Crippen molar-refractivity contribution in [2.45, 2.75) is 32.4 Å². The van der Waals surface area contributed by atoms with Crippen LogP contribution in [-0.4, -0.2) is 34.9 Å². The summed E-state index contributed by atoms with van der Waals surface area (Å²) in [5, 5.41) is 3.12. The van der Waals surface area contributed by atoms with Gasteiger partial charge in [0.15, 0.2) is 0 Å². The average molecular weight is 325 g/mol. The van der Waals surface area contributed by atoms with Crippen molar-refractivity contribution in [3.05, 3.63) is 34.9 Å². The molecule has 0 aliphatic carbocycles. The first kappa shape index (κ1) is 16.3. The fourth-order valence-corrected chi connectivity index (χ4v) is 2.31. The van der Waals surface area contributed by atoms with Gasteiger partial charge >= 0.3 is 12.0 Å². The van der Waals surface area contributed by atoms with Gasteiger partial charge in [-0.15, -0.1) is 0 Å². The van der Waals surface area contributed by atoms with Gasteiger partial charge in [0.1, 0.15) is 18.7 Å². The third-order valence-electron chi connectivity index (χ3n) is 3.63. The molecule has 3 amide bonds. The molecule has 22 heavy (non-hydrogen) atoms. The third-order valence-corrected chi connectivity index (χ3v) is 3.86. The number of esters is 1. The van der Waals surface area contributed by atoms with Crippen LogP contribution in [0.1, 0.15) is 25.8 Å². The Bertz CT molecular complexity index is 619. The predicted molar refractivity (Wildman–Crippen MR) is 80.2 cm³/mol. The Balaban J connectivity index is 1.92. The average Bonchev–Trinajstić information content (AvgIpc) is 2.69. The van der Waals surface area contributed by atoms with Gasteiger partial charge in [-0.3, -0.25) is 14.5 Å². The summed E-state index contributed by atoms with van der Waals surface area (Å²) < 4.78 is 5.07. The molecular weight excluding hydrogens is 308 g/mol. The van der Waals surface area contributed by atoms with Crippen LogP contribution in [0.15, 0.2) is 24.3 Å². The molecule has 1 heterocycles. The van der Waals surface area contributed by atoms with E-state index in [1.54, 1.807) is 38.1 Å². The highest BCUT2D eigenvalue weighted by atomic mass is 35.5. The number of nitrogens with one attached hydrogen (secondary N) is 1. The topological polar surface area (TPSA) is 75.7 Å². The first-order valence-corrected chi connectivity index (χ1v) is 7.27. The van der Waals surface area contributed by atoms with E-state index in [0.717, 1.165) is 10.5 Å². The van der Waals surface area contributed by atoms with Crippen LogP contribution < -0.4 is 5.32 Å². The van der Waals surface area contributed by atoms with Crippen molar-refractivity contribution < 1.29 is 19.1 Å². The molecule has 1 saturated heterocycles. The molecule has 0 aromatic heterocycles. The van der Waals surface area contributed by atoms with Crippen molar-refractivity contribution in [1.82, 2.24) is 10.2 Å². The normalized spacial score (nSPS) is 21.0. The van der Waals surface area contributed by atoms with E-state index >= 15 is 0 Å². The first-order chi connectivity index (χ1) is 10.4. The van der Waals surface area contributed by atoms with E-state index in [2.05, 4.69) is 5.32 Å². The fourth-order valence-electron chi connectivity index (χ4n) is 2.10. The minimum Gasteiger partial charge on any atom is -0.459 e. The highest BCUT2D eigenvalue weighted by Gasteiger charge is 2.47. The van der Waals surface area contributed by atoms with Crippen molar-refractivity contribution in [2.24, 2.45) is 0 Å². The highest BCUT2D eigenvalue weighted by molar-refractivity contribution is 6.30. The molecule has 7 heteroatoms. The molecule has 1 aromatic rings. The van der Waals surface area contributed by atoms with Gasteiger partial charge in [0.25, 0.3) is 5.91 Å². The molecule has 2 rings (SSSR count). The van der Waals surface area contributed by atoms with Crippen molar-refractivity contribution in [3.8, 4) is 0 Å². The van der Waals surface area contributed by atoms with Crippen LogP contribution in [0.2, 0.25) is 5.02 Å². The summed E-state index contributed by atoms with van der Waals surface area (Å²) in [6.07, 6.45) is 0.450.